The van der Waals surface area contributed by atoms with Crippen molar-refractivity contribution in [2.45, 2.75) is 86.0 Å². The third-order valence-electron chi connectivity index (χ3n) is 12.7. The SMILES string of the molecule is CCCc1cccc2c1CCN1C(=O)CN=C(n3cnc(C)c3)C=C21.CCCc1cccc2c1CCN1C(=O)CNC(=O)C=C21.Cc1cnc[nH]1.O=C1C=C2c3cccc(I)c3CCN2C(=O)CN1.[CH2-]CC.[Zn+][Br]. The van der Waals surface area contributed by atoms with Crippen molar-refractivity contribution in [2.75, 3.05) is 39.3 Å². The van der Waals surface area contributed by atoms with Crippen molar-refractivity contribution in [1.29, 1.82) is 0 Å². The number of halogens is 2. The minimum atomic E-state index is -0.201. The van der Waals surface area contributed by atoms with E-state index in [1.807, 2.05) is 72.8 Å². The molecule has 5 aromatic rings. The second-order valence-electron chi connectivity index (χ2n) is 17.9. The van der Waals surface area contributed by atoms with Crippen LogP contribution in [-0.2, 0) is 72.4 Å². The second-order valence-corrected chi connectivity index (χ2v) is 19.1. The molecular formula is C56H64BrIN10O5Zn. The zero-order valence-electron chi connectivity index (χ0n) is 43.0. The van der Waals surface area contributed by atoms with Crippen LogP contribution in [0.1, 0.15) is 95.9 Å². The van der Waals surface area contributed by atoms with Gasteiger partial charge in [-0.05, 0) is 102 Å². The molecule has 11 rings (SSSR count). The number of nitrogens with zero attached hydrogens (tertiary/aromatic N) is 7. The van der Waals surface area contributed by atoms with Crippen molar-refractivity contribution in [3.8, 4) is 0 Å². The van der Waals surface area contributed by atoms with Crippen molar-refractivity contribution in [1.82, 2.24) is 44.9 Å². The molecule has 18 heteroatoms. The van der Waals surface area contributed by atoms with E-state index in [9.17, 15) is 24.0 Å². The standard InChI is InChI=1S/C20H22N4O.C16H18N2O2.C13H11IN2O2.C4H6N2.C3H7.BrH.Zn/c1-3-5-15-6-4-7-17-16(15)8-9-24-18(17)10-19(21-11-20(24)25)23-12-14(2)22-13-23;1-2-4-11-5-3-6-13-12(11)7-8-18-14(13)9-15(19)17-10-16(18)20;14-10-3-1-2-9-8(10)4-5-16-11(9)6-12(17)15-7-13(16)18;1-4-2-5-3-6-4;1-3-2;;/h4,6-7,10,12-13H,3,5,8-9,11H2,1-2H3;3,5-6,9H,2,4,7-8,10H2,1H3,(H,17,19);1-3,6H,4-5,7H2,(H,15,17);2-3H,1H3,(H,5,6);1,3H2,2H3;1H;/q;;;;-1;;+2/p-1. The molecule has 5 amide bonds. The van der Waals surface area contributed by atoms with Crippen LogP contribution in [0.3, 0.4) is 0 Å². The summed E-state index contributed by atoms with van der Waals surface area (Å²) in [5.74, 6) is 0.354. The number of rotatable bonds is 4. The van der Waals surface area contributed by atoms with Crippen LogP contribution in [0.2, 0.25) is 0 Å². The van der Waals surface area contributed by atoms with Gasteiger partial charge in [0, 0.05) is 76.2 Å². The van der Waals surface area contributed by atoms with Crippen LogP contribution in [0, 0.1) is 24.3 Å². The summed E-state index contributed by atoms with van der Waals surface area (Å²) in [6, 6.07) is 18.6. The first-order chi connectivity index (χ1) is 35.8. The van der Waals surface area contributed by atoms with E-state index >= 15 is 0 Å². The van der Waals surface area contributed by atoms with Gasteiger partial charge in [-0.1, -0.05) is 82.1 Å². The summed E-state index contributed by atoms with van der Waals surface area (Å²) >= 11 is 6.55. The van der Waals surface area contributed by atoms with Gasteiger partial charge in [-0.3, -0.25) is 33.5 Å². The molecule has 0 aliphatic carbocycles. The first-order valence-electron chi connectivity index (χ1n) is 25.0. The van der Waals surface area contributed by atoms with E-state index in [0.29, 0.717) is 13.1 Å². The monoisotopic (exact) mass is 1230 g/mol. The number of H-pyrrole nitrogens is 1. The maximum atomic E-state index is 12.6. The van der Waals surface area contributed by atoms with E-state index in [-0.39, 0.29) is 49.2 Å². The molecule has 15 nitrogen and oxygen atoms in total. The van der Waals surface area contributed by atoms with Crippen LogP contribution in [-0.4, -0.2) is 109 Å². The number of aryl methyl sites for hydroxylation is 4. The van der Waals surface area contributed by atoms with E-state index in [0.717, 1.165) is 109 Å². The summed E-state index contributed by atoms with van der Waals surface area (Å²) < 4.78 is 3.08. The summed E-state index contributed by atoms with van der Waals surface area (Å²) in [5.41, 5.74) is 14.3. The van der Waals surface area contributed by atoms with Crippen LogP contribution < -0.4 is 10.6 Å². The third-order valence-corrected chi connectivity index (χ3v) is 13.7. The van der Waals surface area contributed by atoms with Gasteiger partial charge in [0.1, 0.15) is 18.7 Å². The van der Waals surface area contributed by atoms with Gasteiger partial charge in [-0.15, -0.1) is 0 Å². The number of imidazole rings is 2. The Morgan fingerprint density at radius 2 is 1.15 bits per heavy atom. The predicted octanol–water partition coefficient (Wildman–Crippen LogP) is 8.26. The Morgan fingerprint density at radius 3 is 1.59 bits per heavy atom. The Morgan fingerprint density at radius 1 is 0.676 bits per heavy atom. The fourth-order valence-corrected chi connectivity index (χ4v) is 10.2. The van der Waals surface area contributed by atoms with Gasteiger partial charge in [0.2, 0.25) is 29.5 Å². The van der Waals surface area contributed by atoms with Gasteiger partial charge in [-0.25, -0.2) is 9.97 Å². The zero-order chi connectivity index (χ0) is 53.3. The van der Waals surface area contributed by atoms with Gasteiger partial charge in [0.05, 0.1) is 42.2 Å². The number of hydrogen-bond donors (Lipinski definition) is 3. The fraction of sp³-hybridized carbons (Fsp3) is 0.339. The van der Waals surface area contributed by atoms with Gasteiger partial charge in [0.15, 0.2) is 0 Å². The number of carbonyl (C=O) groups is 5. The van der Waals surface area contributed by atoms with Crippen LogP contribution in [0.15, 0.2) is 103 Å². The minimum absolute atomic E-state index is 0.0337. The Bertz CT molecular complexity index is 2950. The molecule has 0 saturated carbocycles. The number of benzene rings is 3. The van der Waals surface area contributed by atoms with Crippen LogP contribution in [0.4, 0.5) is 0 Å². The molecule has 384 valence electrons. The number of allylic oxidation sites excluding steroid dienone is 1. The molecule has 0 spiro atoms. The van der Waals surface area contributed by atoms with E-state index < -0.39 is 0 Å². The molecule has 0 fully saturated rings. The van der Waals surface area contributed by atoms with Crippen molar-refractivity contribution in [3.05, 3.63) is 164 Å². The van der Waals surface area contributed by atoms with Crippen molar-refractivity contribution < 1.29 is 40.3 Å². The quantitative estimate of drug-likeness (QED) is 0.0922. The number of aromatic amines is 1. The molecule has 3 aromatic carbocycles. The van der Waals surface area contributed by atoms with Crippen molar-refractivity contribution in [3.63, 3.8) is 0 Å². The predicted molar refractivity (Wildman–Crippen MR) is 299 cm³/mol. The molecule has 74 heavy (non-hydrogen) atoms. The van der Waals surface area contributed by atoms with E-state index in [2.05, 4.69) is 112 Å². The van der Waals surface area contributed by atoms with Crippen LogP contribution in [0.5, 0.6) is 0 Å². The van der Waals surface area contributed by atoms with Gasteiger partial charge in [0.25, 0.3) is 0 Å². The molecule has 8 heterocycles. The topological polar surface area (TPSA) is 178 Å². The molecule has 0 radical (unpaired) electrons. The summed E-state index contributed by atoms with van der Waals surface area (Å²) in [6.45, 7) is 16.2. The molecule has 6 aliphatic heterocycles. The number of carbonyl (C=O) groups excluding carboxylic acids is 5. The van der Waals surface area contributed by atoms with Crippen molar-refractivity contribution >= 4 is 88.7 Å². The summed E-state index contributed by atoms with van der Waals surface area (Å²) in [5, 5.41) is 5.20. The number of amides is 5. The Kier molecular flexibility index (Phi) is 21.9. The second kappa shape index (κ2) is 28.2. The molecule has 6 aliphatic rings. The van der Waals surface area contributed by atoms with Crippen LogP contribution in [0.25, 0.3) is 17.1 Å². The third kappa shape index (κ3) is 14.3. The Labute approximate surface area is 465 Å². The average molecular weight is 1230 g/mol. The average Bonchev–Trinajstić information content (AvgIpc) is 3.96. The summed E-state index contributed by atoms with van der Waals surface area (Å²) in [4.78, 5) is 80.8. The molecule has 0 unspecified atom stereocenters. The molecular weight excluding hydrogens is 1160 g/mol. The molecule has 0 atom stereocenters. The Balaban J connectivity index is 0.000000165. The van der Waals surface area contributed by atoms with Gasteiger partial charge in [-0.2, -0.15) is 6.42 Å². The summed E-state index contributed by atoms with van der Waals surface area (Å²) in [7, 11) is 0. The van der Waals surface area contributed by atoms with E-state index in [1.54, 1.807) is 34.7 Å². The number of nitrogens with one attached hydrogen (secondary N) is 3. The van der Waals surface area contributed by atoms with Crippen molar-refractivity contribution in [2.24, 2.45) is 4.99 Å². The molecule has 2 aromatic heterocycles. The first kappa shape index (κ1) is 57.4. The number of hydrogen-bond acceptors (Lipinski definition) is 8. The Hall–Kier alpha value is -5.85. The zero-order valence-corrected chi connectivity index (χ0v) is 49.7. The summed E-state index contributed by atoms with van der Waals surface area (Å²) in [6.07, 6.45) is 20.2. The fourth-order valence-electron chi connectivity index (χ4n) is 9.41. The normalized spacial score (nSPS) is 16.0. The maximum absolute atomic E-state index is 12.6. The molecule has 0 bridgehead atoms. The van der Waals surface area contributed by atoms with E-state index in [4.69, 9.17) is 0 Å². The number of aromatic nitrogens is 4. The first-order valence-corrected chi connectivity index (χ1v) is 33.1. The number of aliphatic imine (C=N–C) groups is 1. The van der Waals surface area contributed by atoms with Crippen LogP contribution >= 0.6 is 36.2 Å². The molecule has 0 saturated heterocycles. The van der Waals surface area contributed by atoms with Gasteiger partial charge >= 0.3 is 30.0 Å². The number of fused-ring (bicyclic) bond motifs is 9. The van der Waals surface area contributed by atoms with E-state index in [1.165, 1.54) is 53.8 Å². The molecule has 3 N–H and O–H groups in total. The van der Waals surface area contributed by atoms with Gasteiger partial charge < -0.3 is 37.2 Å².